The molecule has 76 valence electrons. The quantitative estimate of drug-likeness (QED) is 0.603. The van der Waals surface area contributed by atoms with Gasteiger partial charge in [-0.05, 0) is 24.1 Å². The molecule has 0 aliphatic heterocycles. The lowest BCUT2D eigenvalue weighted by molar-refractivity contribution is 1.14. The van der Waals surface area contributed by atoms with Crippen LogP contribution in [0.3, 0.4) is 0 Å². The number of hydrogen-bond donors (Lipinski definition) is 1. The summed E-state index contributed by atoms with van der Waals surface area (Å²) in [6, 6.07) is 15.1. The smallest absolute Gasteiger partial charge is 0.0467 e. The Morgan fingerprint density at radius 2 is 1.80 bits per heavy atom. The average Bonchev–Trinajstić information content (AvgIpc) is 2.66. The molecule has 1 heteroatoms. The average molecular weight is 197 g/mol. The number of aryl methyl sites for hydroxylation is 1. The monoisotopic (exact) mass is 197 g/mol. The first-order valence-electron chi connectivity index (χ1n) is 5.38. The Balaban J connectivity index is 0.000000963. The zero-order valence-corrected chi connectivity index (χ0v) is 8.75. The van der Waals surface area contributed by atoms with E-state index >= 15 is 0 Å². The molecule has 0 aliphatic rings. The minimum atomic E-state index is 0. The van der Waals surface area contributed by atoms with Crippen molar-refractivity contribution in [3.8, 4) is 0 Å². The van der Waals surface area contributed by atoms with Crippen LogP contribution in [0.15, 0.2) is 42.5 Å². The fourth-order valence-corrected chi connectivity index (χ4v) is 2.12. The standard InChI is InChI=1S/C14H13N.H2/c1-2-10-7-8-12-11-5-3-4-6-13(11)15-14(12)9-10;/h3-9,15H,2H2,1H3;1H. The van der Waals surface area contributed by atoms with Crippen molar-refractivity contribution in [1.29, 1.82) is 0 Å². The maximum atomic E-state index is 3.45. The van der Waals surface area contributed by atoms with Crippen molar-refractivity contribution in [3.05, 3.63) is 48.0 Å². The Labute approximate surface area is 90.2 Å². The van der Waals surface area contributed by atoms with Crippen LogP contribution in [0.1, 0.15) is 13.9 Å². The summed E-state index contributed by atoms with van der Waals surface area (Å²) in [5.74, 6) is 0. The van der Waals surface area contributed by atoms with E-state index in [4.69, 9.17) is 0 Å². The highest BCUT2D eigenvalue weighted by atomic mass is 14.7. The molecule has 0 atom stereocenters. The number of fused-ring (bicyclic) bond motifs is 3. The van der Waals surface area contributed by atoms with Crippen LogP contribution in [0, 0.1) is 0 Å². The molecule has 1 aromatic heterocycles. The van der Waals surface area contributed by atoms with Crippen molar-refractivity contribution in [2.45, 2.75) is 13.3 Å². The van der Waals surface area contributed by atoms with Crippen molar-refractivity contribution in [2.24, 2.45) is 0 Å². The van der Waals surface area contributed by atoms with E-state index in [1.165, 1.54) is 27.4 Å². The number of aromatic amines is 1. The lowest BCUT2D eigenvalue weighted by Crippen LogP contribution is -1.78. The molecule has 0 spiro atoms. The van der Waals surface area contributed by atoms with Gasteiger partial charge in [0.1, 0.15) is 0 Å². The molecule has 2 aromatic carbocycles. The van der Waals surface area contributed by atoms with Gasteiger partial charge in [0.15, 0.2) is 0 Å². The van der Waals surface area contributed by atoms with Crippen LogP contribution >= 0.6 is 0 Å². The lowest BCUT2D eigenvalue weighted by atomic mass is 10.1. The van der Waals surface area contributed by atoms with Gasteiger partial charge >= 0.3 is 0 Å². The van der Waals surface area contributed by atoms with Crippen molar-refractivity contribution in [3.63, 3.8) is 0 Å². The molecule has 0 saturated heterocycles. The van der Waals surface area contributed by atoms with Gasteiger partial charge in [-0.3, -0.25) is 0 Å². The summed E-state index contributed by atoms with van der Waals surface area (Å²) >= 11 is 0. The third-order valence-electron chi connectivity index (χ3n) is 2.98. The molecule has 3 aromatic rings. The molecule has 0 amide bonds. The van der Waals surface area contributed by atoms with Crippen molar-refractivity contribution < 1.29 is 1.43 Å². The number of para-hydroxylation sites is 1. The number of benzene rings is 2. The molecule has 1 N–H and O–H groups in total. The third-order valence-corrected chi connectivity index (χ3v) is 2.98. The molecule has 0 unspecified atom stereocenters. The summed E-state index contributed by atoms with van der Waals surface area (Å²) in [5.41, 5.74) is 3.85. The molecule has 0 radical (unpaired) electrons. The number of nitrogens with one attached hydrogen (secondary N) is 1. The SMILES string of the molecule is CCc1ccc2c(c1)[nH]c1ccccc12.[HH]. The van der Waals surface area contributed by atoms with E-state index in [-0.39, 0.29) is 1.43 Å². The van der Waals surface area contributed by atoms with E-state index in [1.54, 1.807) is 0 Å². The van der Waals surface area contributed by atoms with Crippen LogP contribution < -0.4 is 0 Å². The van der Waals surface area contributed by atoms with E-state index in [0.717, 1.165) is 6.42 Å². The van der Waals surface area contributed by atoms with E-state index in [9.17, 15) is 0 Å². The summed E-state index contributed by atoms with van der Waals surface area (Å²) in [5, 5.41) is 2.64. The zero-order valence-electron chi connectivity index (χ0n) is 8.75. The lowest BCUT2D eigenvalue weighted by Gasteiger charge is -1.95. The number of hydrogen-bond acceptors (Lipinski definition) is 0. The highest BCUT2D eigenvalue weighted by Gasteiger charge is 2.02. The van der Waals surface area contributed by atoms with Gasteiger partial charge in [0, 0.05) is 23.2 Å². The Kier molecular flexibility index (Phi) is 1.78. The van der Waals surface area contributed by atoms with Crippen LogP contribution in [-0.2, 0) is 6.42 Å². The molecule has 0 saturated carbocycles. The van der Waals surface area contributed by atoms with Crippen LogP contribution in [-0.4, -0.2) is 4.98 Å². The second-order valence-corrected chi connectivity index (χ2v) is 3.90. The molecule has 0 fully saturated rings. The fraction of sp³-hybridized carbons (Fsp3) is 0.143. The Morgan fingerprint density at radius 1 is 1.00 bits per heavy atom. The van der Waals surface area contributed by atoms with E-state index in [0.29, 0.717) is 0 Å². The normalized spacial score (nSPS) is 11.3. The molecular weight excluding hydrogens is 182 g/mol. The predicted octanol–water partition coefficient (Wildman–Crippen LogP) is 4.13. The summed E-state index contributed by atoms with van der Waals surface area (Å²) < 4.78 is 0. The molecule has 0 aliphatic carbocycles. The summed E-state index contributed by atoms with van der Waals surface area (Å²) in [6.07, 6.45) is 1.09. The van der Waals surface area contributed by atoms with Crippen molar-refractivity contribution in [2.75, 3.05) is 0 Å². The summed E-state index contributed by atoms with van der Waals surface area (Å²) in [6.45, 7) is 2.18. The molecule has 15 heavy (non-hydrogen) atoms. The second-order valence-electron chi connectivity index (χ2n) is 3.90. The first kappa shape index (κ1) is 8.54. The topological polar surface area (TPSA) is 15.8 Å². The first-order chi connectivity index (χ1) is 7.38. The first-order valence-corrected chi connectivity index (χ1v) is 5.38. The van der Waals surface area contributed by atoms with Gasteiger partial charge in [0.05, 0.1) is 0 Å². The Morgan fingerprint density at radius 3 is 2.67 bits per heavy atom. The molecule has 1 heterocycles. The number of H-pyrrole nitrogens is 1. The van der Waals surface area contributed by atoms with Crippen LogP contribution in [0.4, 0.5) is 0 Å². The van der Waals surface area contributed by atoms with Gasteiger partial charge in [0.2, 0.25) is 0 Å². The Hall–Kier alpha value is -1.76. The highest BCUT2D eigenvalue weighted by Crippen LogP contribution is 2.25. The van der Waals surface area contributed by atoms with E-state index < -0.39 is 0 Å². The van der Waals surface area contributed by atoms with Crippen LogP contribution in [0.25, 0.3) is 21.8 Å². The van der Waals surface area contributed by atoms with Crippen molar-refractivity contribution in [1.82, 2.24) is 4.98 Å². The third kappa shape index (κ3) is 1.23. The summed E-state index contributed by atoms with van der Waals surface area (Å²) in [4.78, 5) is 3.45. The largest absolute Gasteiger partial charge is 0.355 e. The number of rotatable bonds is 1. The van der Waals surface area contributed by atoms with Crippen LogP contribution in [0.2, 0.25) is 0 Å². The van der Waals surface area contributed by atoms with Crippen LogP contribution in [0.5, 0.6) is 0 Å². The second kappa shape index (κ2) is 3.13. The highest BCUT2D eigenvalue weighted by molar-refractivity contribution is 6.07. The maximum absolute atomic E-state index is 3.45. The molecule has 1 nitrogen and oxygen atoms in total. The van der Waals surface area contributed by atoms with E-state index in [2.05, 4.69) is 54.4 Å². The maximum Gasteiger partial charge on any atom is 0.0467 e. The summed E-state index contributed by atoms with van der Waals surface area (Å²) in [7, 11) is 0. The van der Waals surface area contributed by atoms with Gasteiger partial charge in [-0.25, -0.2) is 0 Å². The van der Waals surface area contributed by atoms with Gasteiger partial charge in [-0.15, -0.1) is 0 Å². The molecule has 3 rings (SSSR count). The molecular formula is C14H15N. The van der Waals surface area contributed by atoms with Gasteiger partial charge in [-0.2, -0.15) is 0 Å². The van der Waals surface area contributed by atoms with Gasteiger partial charge < -0.3 is 4.98 Å². The number of aromatic nitrogens is 1. The minimum absolute atomic E-state index is 0. The predicted molar refractivity (Wildman–Crippen MR) is 67.3 cm³/mol. The van der Waals surface area contributed by atoms with E-state index in [1.807, 2.05) is 0 Å². The minimum Gasteiger partial charge on any atom is -0.355 e. The zero-order chi connectivity index (χ0) is 10.3. The van der Waals surface area contributed by atoms with Gasteiger partial charge in [0.25, 0.3) is 0 Å². The molecule has 0 bridgehead atoms. The Bertz CT molecular complexity index is 625. The fourth-order valence-electron chi connectivity index (χ4n) is 2.12. The van der Waals surface area contributed by atoms with Gasteiger partial charge in [-0.1, -0.05) is 37.3 Å². The van der Waals surface area contributed by atoms with Crippen molar-refractivity contribution >= 4 is 21.8 Å².